The van der Waals surface area contributed by atoms with E-state index in [1.807, 2.05) is 0 Å². The number of hydrogen-bond donors (Lipinski definition) is 3. The zero-order chi connectivity index (χ0) is 14.6. The van der Waals surface area contributed by atoms with Crippen LogP contribution in [0.5, 0.6) is 0 Å². The molecular formula is C12H21N3O5. The maximum Gasteiger partial charge on any atom is 0.237 e. The molecule has 0 bridgehead atoms. The van der Waals surface area contributed by atoms with Crippen LogP contribution in [0.2, 0.25) is 0 Å². The molecule has 4 N–H and O–H groups in total. The molecule has 114 valence electrons. The molecule has 0 aromatic carbocycles. The van der Waals surface area contributed by atoms with Gasteiger partial charge in [0.1, 0.15) is 5.41 Å². The number of aliphatic hydroxyl groups is 1. The van der Waals surface area contributed by atoms with Gasteiger partial charge in [-0.1, -0.05) is 5.16 Å². The number of hydrogen-bond acceptors (Lipinski definition) is 6. The average Bonchev–Trinajstić information content (AvgIpc) is 2.53. The van der Waals surface area contributed by atoms with Crippen LogP contribution in [0, 0.1) is 5.41 Å². The van der Waals surface area contributed by atoms with Crippen molar-refractivity contribution in [2.24, 2.45) is 16.3 Å². The highest BCUT2D eigenvalue weighted by atomic mass is 16.5. The van der Waals surface area contributed by atoms with Crippen molar-refractivity contribution in [3.8, 4) is 0 Å². The van der Waals surface area contributed by atoms with Crippen molar-refractivity contribution >= 4 is 11.7 Å². The maximum atomic E-state index is 12.9. The quantitative estimate of drug-likeness (QED) is 0.258. The van der Waals surface area contributed by atoms with Crippen LogP contribution in [-0.4, -0.2) is 72.6 Å². The highest BCUT2D eigenvalue weighted by Gasteiger charge is 2.48. The molecule has 8 heteroatoms. The topological polar surface area (TPSA) is 118 Å². The SMILES string of the molecule is NC(=NO)C1(C(=O)N2CCOCC2CO)CCOCC1. The molecule has 2 heterocycles. The Kier molecular flexibility index (Phi) is 4.79. The van der Waals surface area contributed by atoms with E-state index in [-0.39, 0.29) is 24.4 Å². The van der Waals surface area contributed by atoms with Gasteiger partial charge in [0, 0.05) is 19.8 Å². The van der Waals surface area contributed by atoms with Gasteiger partial charge < -0.3 is 30.4 Å². The fourth-order valence-electron chi connectivity index (χ4n) is 2.74. The molecule has 0 spiro atoms. The summed E-state index contributed by atoms with van der Waals surface area (Å²) in [5.74, 6) is -0.313. The van der Waals surface area contributed by atoms with Crippen LogP contribution >= 0.6 is 0 Å². The molecule has 0 aromatic rings. The minimum Gasteiger partial charge on any atom is -0.409 e. The summed E-state index contributed by atoms with van der Waals surface area (Å²) in [5.41, 5.74) is 4.74. The number of morpholine rings is 1. The lowest BCUT2D eigenvalue weighted by molar-refractivity contribution is -0.153. The molecule has 2 aliphatic heterocycles. The summed E-state index contributed by atoms with van der Waals surface area (Å²) in [4.78, 5) is 14.5. The van der Waals surface area contributed by atoms with Crippen molar-refractivity contribution in [3.05, 3.63) is 0 Å². The smallest absolute Gasteiger partial charge is 0.237 e. The van der Waals surface area contributed by atoms with Crippen LogP contribution in [0.4, 0.5) is 0 Å². The third kappa shape index (κ3) is 2.58. The van der Waals surface area contributed by atoms with Crippen molar-refractivity contribution in [2.45, 2.75) is 18.9 Å². The van der Waals surface area contributed by atoms with Crippen LogP contribution in [0.1, 0.15) is 12.8 Å². The van der Waals surface area contributed by atoms with Crippen molar-refractivity contribution in [1.82, 2.24) is 4.90 Å². The molecule has 0 saturated carbocycles. The number of amidine groups is 1. The van der Waals surface area contributed by atoms with Gasteiger partial charge in [-0.25, -0.2) is 0 Å². The van der Waals surface area contributed by atoms with Crippen LogP contribution in [0.15, 0.2) is 5.16 Å². The first-order valence-corrected chi connectivity index (χ1v) is 6.71. The Morgan fingerprint density at radius 1 is 1.35 bits per heavy atom. The molecule has 0 radical (unpaired) electrons. The van der Waals surface area contributed by atoms with Crippen molar-refractivity contribution in [2.75, 3.05) is 39.6 Å². The summed E-state index contributed by atoms with van der Waals surface area (Å²) in [7, 11) is 0. The number of ether oxygens (including phenoxy) is 2. The predicted octanol–water partition coefficient (Wildman–Crippen LogP) is -1.25. The van der Waals surface area contributed by atoms with Gasteiger partial charge in [-0.15, -0.1) is 0 Å². The third-order valence-corrected chi connectivity index (χ3v) is 4.05. The van der Waals surface area contributed by atoms with E-state index in [4.69, 9.17) is 20.4 Å². The fraction of sp³-hybridized carbons (Fsp3) is 0.833. The van der Waals surface area contributed by atoms with Gasteiger partial charge in [0.05, 0.1) is 25.9 Å². The number of amides is 1. The molecule has 2 fully saturated rings. The number of carbonyl (C=O) groups excluding carboxylic acids is 1. The van der Waals surface area contributed by atoms with E-state index in [1.165, 1.54) is 0 Å². The lowest BCUT2D eigenvalue weighted by atomic mass is 9.77. The molecule has 1 amide bonds. The first-order valence-electron chi connectivity index (χ1n) is 6.71. The van der Waals surface area contributed by atoms with E-state index >= 15 is 0 Å². The Balaban J connectivity index is 2.26. The van der Waals surface area contributed by atoms with Crippen molar-refractivity contribution in [3.63, 3.8) is 0 Å². The minimum atomic E-state index is -1.04. The van der Waals surface area contributed by atoms with Gasteiger partial charge >= 0.3 is 0 Å². The van der Waals surface area contributed by atoms with E-state index < -0.39 is 5.41 Å². The lowest BCUT2D eigenvalue weighted by Gasteiger charge is -2.42. The molecule has 8 nitrogen and oxygen atoms in total. The monoisotopic (exact) mass is 287 g/mol. The Morgan fingerprint density at radius 3 is 2.65 bits per heavy atom. The summed E-state index contributed by atoms with van der Waals surface area (Å²) >= 11 is 0. The van der Waals surface area contributed by atoms with Gasteiger partial charge in [-0.3, -0.25) is 4.79 Å². The van der Waals surface area contributed by atoms with E-state index in [0.29, 0.717) is 45.8 Å². The molecule has 0 aliphatic carbocycles. The first-order chi connectivity index (χ1) is 9.65. The second-order valence-electron chi connectivity index (χ2n) is 5.09. The third-order valence-electron chi connectivity index (χ3n) is 4.05. The van der Waals surface area contributed by atoms with E-state index in [9.17, 15) is 9.90 Å². The molecule has 2 aliphatic rings. The number of nitrogens with two attached hydrogens (primary N) is 1. The highest BCUT2D eigenvalue weighted by molar-refractivity contribution is 6.07. The summed E-state index contributed by atoms with van der Waals surface area (Å²) in [6, 6.07) is -0.387. The van der Waals surface area contributed by atoms with E-state index in [0.717, 1.165) is 0 Å². The van der Waals surface area contributed by atoms with Gasteiger partial charge in [0.2, 0.25) is 5.91 Å². The zero-order valence-corrected chi connectivity index (χ0v) is 11.3. The van der Waals surface area contributed by atoms with Crippen LogP contribution in [0.25, 0.3) is 0 Å². The molecule has 1 atom stereocenters. The Morgan fingerprint density at radius 2 is 2.05 bits per heavy atom. The van der Waals surface area contributed by atoms with Gasteiger partial charge in [-0.05, 0) is 12.8 Å². The van der Waals surface area contributed by atoms with E-state index in [1.54, 1.807) is 4.90 Å². The zero-order valence-electron chi connectivity index (χ0n) is 11.3. The van der Waals surface area contributed by atoms with Crippen LogP contribution < -0.4 is 5.73 Å². The Labute approximate surface area is 117 Å². The molecule has 20 heavy (non-hydrogen) atoms. The number of rotatable bonds is 3. The summed E-state index contributed by atoms with van der Waals surface area (Å²) in [6.45, 7) is 1.71. The molecule has 2 rings (SSSR count). The predicted molar refractivity (Wildman–Crippen MR) is 69.3 cm³/mol. The van der Waals surface area contributed by atoms with Crippen LogP contribution in [-0.2, 0) is 14.3 Å². The van der Waals surface area contributed by atoms with Gasteiger partial charge in [-0.2, -0.15) is 0 Å². The second kappa shape index (κ2) is 6.38. The molecule has 1 unspecified atom stereocenters. The Hall–Kier alpha value is -1.38. The fourth-order valence-corrected chi connectivity index (χ4v) is 2.74. The average molecular weight is 287 g/mol. The number of carbonyl (C=O) groups is 1. The number of aliphatic hydroxyl groups excluding tert-OH is 1. The normalized spacial score (nSPS) is 27.4. The minimum absolute atomic E-state index is 0.0889. The van der Waals surface area contributed by atoms with Crippen LogP contribution in [0.3, 0.4) is 0 Å². The summed E-state index contributed by atoms with van der Waals surface area (Å²) < 4.78 is 10.5. The highest BCUT2D eigenvalue weighted by Crippen LogP contribution is 2.34. The van der Waals surface area contributed by atoms with Crippen molar-refractivity contribution in [1.29, 1.82) is 0 Å². The molecular weight excluding hydrogens is 266 g/mol. The van der Waals surface area contributed by atoms with E-state index in [2.05, 4.69) is 5.16 Å². The Bertz CT molecular complexity index is 381. The summed E-state index contributed by atoms with van der Waals surface area (Å²) in [6.07, 6.45) is 0.745. The largest absolute Gasteiger partial charge is 0.409 e. The number of oxime groups is 1. The number of nitrogens with zero attached hydrogens (tertiary/aromatic N) is 2. The standard InChI is InChI=1S/C12H21N3O5/c13-10(14-18)12(1-4-19-5-2-12)11(17)15-3-6-20-8-9(15)7-16/h9,16,18H,1-8H2,(H2,13,14). The second-order valence-corrected chi connectivity index (χ2v) is 5.09. The van der Waals surface area contributed by atoms with Crippen molar-refractivity contribution < 1.29 is 24.6 Å². The van der Waals surface area contributed by atoms with Gasteiger partial charge in [0.15, 0.2) is 5.84 Å². The summed E-state index contributed by atoms with van der Waals surface area (Å²) in [5, 5.41) is 21.4. The van der Waals surface area contributed by atoms with Gasteiger partial charge in [0.25, 0.3) is 0 Å². The molecule has 2 saturated heterocycles. The molecule has 0 aromatic heterocycles. The lowest BCUT2D eigenvalue weighted by Crippen LogP contribution is -2.60. The maximum absolute atomic E-state index is 12.9. The first kappa shape index (κ1) is 15.0.